The molecular weight excluding hydrogens is 243 g/mol. The molecule has 1 aromatic carbocycles. The summed E-state index contributed by atoms with van der Waals surface area (Å²) in [4.78, 5) is 22.1. The van der Waals surface area contributed by atoms with Gasteiger partial charge in [-0.2, -0.15) is 0 Å². The van der Waals surface area contributed by atoms with Crippen molar-refractivity contribution < 1.29 is 23.6 Å². The van der Waals surface area contributed by atoms with Gasteiger partial charge in [-0.15, -0.1) is 0 Å². The number of hydrogen-bond acceptors (Lipinski definition) is 4. The summed E-state index contributed by atoms with van der Waals surface area (Å²) in [7, 11) is 0. The summed E-state index contributed by atoms with van der Waals surface area (Å²) in [6.07, 6.45) is 0. The number of benzene rings is 1. The molecule has 0 aliphatic carbocycles. The number of hydrogen-bond donors (Lipinski definition) is 2. The first-order valence-corrected chi connectivity index (χ1v) is 4.83. The SMILES string of the molecule is O=C(Nc1cccc(F)c1)c1cc(C(=O)O)on1. The Bertz CT molecular complexity index is 609. The second-order valence-corrected chi connectivity index (χ2v) is 3.35. The lowest BCUT2D eigenvalue weighted by atomic mass is 10.3. The van der Waals surface area contributed by atoms with Crippen molar-refractivity contribution in [2.75, 3.05) is 5.32 Å². The maximum atomic E-state index is 12.9. The lowest BCUT2D eigenvalue weighted by molar-refractivity contribution is 0.0651. The molecule has 1 aromatic heterocycles. The number of carboxylic acid groups (broad SMARTS) is 1. The van der Waals surface area contributed by atoms with E-state index in [1.807, 2.05) is 0 Å². The van der Waals surface area contributed by atoms with Crippen LogP contribution in [0.25, 0.3) is 0 Å². The van der Waals surface area contributed by atoms with Gasteiger partial charge in [0.1, 0.15) is 5.82 Å². The Labute approximate surface area is 100 Å². The van der Waals surface area contributed by atoms with E-state index in [-0.39, 0.29) is 11.4 Å². The third-order valence-electron chi connectivity index (χ3n) is 2.04. The summed E-state index contributed by atoms with van der Waals surface area (Å²) in [6, 6.07) is 6.25. The number of halogens is 1. The number of aromatic nitrogens is 1. The highest BCUT2D eigenvalue weighted by atomic mass is 19.1. The van der Waals surface area contributed by atoms with Crippen LogP contribution in [0.15, 0.2) is 34.9 Å². The number of amides is 1. The molecule has 7 heteroatoms. The number of nitrogens with one attached hydrogen (secondary N) is 1. The molecule has 1 amide bonds. The molecule has 0 atom stereocenters. The normalized spacial score (nSPS) is 10.1. The van der Waals surface area contributed by atoms with Crippen molar-refractivity contribution in [3.63, 3.8) is 0 Å². The molecule has 0 saturated heterocycles. The summed E-state index contributed by atoms with van der Waals surface area (Å²) < 4.78 is 17.3. The van der Waals surface area contributed by atoms with Crippen molar-refractivity contribution in [3.05, 3.63) is 47.6 Å². The first-order chi connectivity index (χ1) is 8.56. The maximum Gasteiger partial charge on any atom is 0.374 e. The van der Waals surface area contributed by atoms with Gasteiger partial charge in [-0.1, -0.05) is 11.2 Å². The molecule has 0 aliphatic heterocycles. The van der Waals surface area contributed by atoms with Crippen LogP contribution in [-0.2, 0) is 0 Å². The molecule has 2 rings (SSSR count). The first kappa shape index (κ1) is 11.8. The van der Waals surface area contributed by atoms with E-state index < -0.39 is 23.5 Å². The fourth-order valence-electron chi connectivity index (χ4n) is 1.24. The van der Waals surface area contributed by atoms with Crippen LogP contribution >= 0.6 is 0 Å². The molecule has 0 radical (unpaired) electrons. The van der Waals surface area contributed by atoms with Gasteiger partial charge in [-0.25, -0.2) is 9.18 Å². The van der Waals surface area contributed by atoms with Gasteiger partial charge >= 0.3 is 5.97 Å². The molecule has 18 heavy (non-hydrogen) atoms. The third kappa shape index (κ3) is 2.51. The van der Waals surface area contributed by atoms with Crippen LogP contribution in [0.3, 0.4) is 0 Å². The summed E-state index contributed by atoms with van der Waals surface area (Å²) >= 11 is 0. The largest absolute Gasteiger partial charge is 0.475 e. The highest BCUT2D eigenvalue weighted by Gasteiger charge is 2.16. The summed E-state index contributed by atoms with van der Waals surface area (Å²) in [5.41, 5.74) is 0.0385. The maximum absolute atomic E-state index is 12.9. The predicted molar refractivity (Wildman–Crippen MR) is 57.8 cm³/mol. The van der Waals surface area contributed by atoms with Crippen LogP contribution in [0.4, 0.5) is 10.1 Å². The number of carbonyl (C=O) groups excluding carboxylic acids is 1. The molecule has 1 heterocycles. The van der Waals surface area contributed by atoms with Crippen molar-refractivity contribution in [2.24, 2.45) is 0 Å². The molecule has 0 spiro atoms. The lowest BCUT2D eigenvalue weighted by Gasteiger charge is -2.01. The summed E-state index contributed by atoms with van der Waals surface area (Å²) in [5, 5.41) is 14.2. The van der Waals surface area contributed by atoms with Gasteiger partial charge in [0.25, 0.3) is 5.91 Å². The van der Waals surface area contributed by atoms with Gasteiger partial charge in [0, 0.05) is 11.8 Å². The van der Waals surface area contributed by atoms with Crippen LogP contribution in [0.1, 0.15) is 21.0 Å². The standard InChI is InChI=1S/C11H7FN2O4/c12-6-2-1-3-7(4-6)13-10(15)8-5-9(11(16)17)18-14-8/h1-5H,(H,13,15)(H,16,17). The topological polar surface area (TPSA) is 92.4 Å². The lowest BCUT2D eigenvalue weighted by Crippen LogP contribution is -2.12. The molecule has 2 N–H and O–H groups in total. The van der Waals surface area contributed by atoms with Gasteiger partial charge in [-0.05, 0) is 18.2 Å². The number of aromatic carboxylic acids is 1. The van der Waals surface area contributed by atoms with Crippen LogP contribution in [0, 0.1) is 5.82 Å². The van der Waals surface area contributed by atoms with E-state index in [1.54, 1.807) is 0 Å². The smallest absolute Gasteiger partial charge is 0.374 e. The van der Waals surface area contributed by atoms with E-state index in [0.29, 0.717) is 0 Å². The van der Waals surface area contributed by atoms with Crippen molar-refractivity contribution in [3.8, 4) is 0 Å². The summed E-state index contributed by atoms with van der Waals surface area (Å²) in [5.74, 6) is -2.96. The van der Waals surface area contributed by atoms with E-state index >= 15 is 0 Å². The minimum atomic E-state index is -1.33. The van der Waals surface area contributed by atoms with Crippen LogP contribution in [0.5, 0.6) is 0 Å². The monoisotopic (exact) mass is 250 g/mol. The van der Waals surface area contributed by atoms with Crippen molar-refractivity contribution >= 4 is 17.6 Å². The number of anilines is 1. The molecule has 6 nitrogen and oxygen atoms in total. The Hall–Kier alpha value is -2.70. The average molecular weight is 250 g/mol. The minimum absolute atomic E-state index is 0.198. The fourth-order valence-corrected chi connectivity index (χ4v) is 1.24. The van der Waals surface area contributed by atoms with Gasteiger partial charge < -0.3 is 14.9 Å². The molecule has 0 bridgehead atoms. The number of nitrogens with zero attached hydrogens (tertiary/aromatic N) is 1. The van der Waals surface area contributed by atoms with Gasteiger partial charge in [0.05, 0.1) is 0 Å². The van der Waals surface area contributed by atoms with E-state index in [9.17, 15) is 14.0 Å². The minimum Gasteiger partial charge on any atom is -0.475 e. The number of carbonyl (C=O) groups is 2. The van der Waals surface area contributed by atoms with Gasteiger partial charge in [0.15, 0.2) is 5.69 Å². The second-order valence-electron chi connectivity index (χ2n) is 3.35. The van der Waals surface area contributed by atoms with Gasteiger partial charge in [0.2, 0.25) is 5.76 Å². The van der Waals surface area contributed by atoms with Crippen molar-refractivity contribution in [2.45, 2.75) is 0 Å². The van der Waals surface area contributed by atoms with Crippen LogP contribution in [-0.4, -0.2) is 22.1 Å². The zero-order valence-electron chi connectivity index (χ0n) is 8.88. The predicted octanol–water partition coefficient (Wildman–Crippen LogP) is 1.76. The van der Waals surface area contributed by atoms with E-state index in [4.69, 9.17) is 5.11 Å². The number of rotatable bonds is 3. The van der Waals surface area contributed by atoms with Gasteiger partial charge in [-0.3, -0.25) is 4.79 Å². The Kier molecular flexibility index (Phi) is 3.05. The quantitative estimate of drug-likeness (QED) is 0.865. The third-order valence-corrected chi connectivity index (χ3v) is 2.04. The molecule has 92 valence electrons. The fraction of sp³-hybridized carbons (Fsp3) is 0. The molecule has 0 fully saturated rings. The zero-order chi connectivity index (χ0) is 13.1. The number of carboxylic acids is 1. The van der Waals surface area contributed by atoms with Crippen LogP contribution < -0.4 is 5.32 Å². The Balaban J connectivity index is 2.14. The Morgan fingerprint density at radius 1 is 1.33 bits per heavy atom. The Morgan fingerprint density at radius 3 is 2.72 bits per heavy atom. The van der Waals surface area contributed by atoms with E-state index in [0.717, 1.165) is 12.1 Å². The van der Waals surface area contributed by atoms with Crippen molar-refractivity contribution in [1.29, 1.82) is 0 Å². The second kappa shape index (κ2) is 4.66. The molecule has 0 saturated carbocycles. The molecular formula is C11H7FN2O4. The average Bonchev–Trinajstić information content (AvgIpc) is 2.78. The van der Waals surface area contributed by atoms with E-state index in [1.165, 1.54) is 18.2 Å². The highest BCUT2D eigenvalue weighted by Crippen LogP contribution is 2.11. The summed E-state index contributed by atoms with van der Waals surface area (Å²) in [6.45, 7) is 0. The molecule has 0 unspecified atom stereocenters. The molecule has 2 aromatic rings. The first-order valence-electron chi connectivity index (χ1n) is 4.83. The van der Waals surface area contributed by atoms with Crippen molar-refractivity contribution in [1.82, 2.24) is 5.16 Å². The zero-order valence-corrected chi connectivity index (χ0v) is 8.88. The molecule has 0 aliphatic rings. The highest BCUT2D eigenvalue weighted by molar-refractivity contribution is 6.03. The van der Waals surface area contributed by atoms with E-state index in [2.05, 4.69) is 15.0 Å². The Morgan fingerprint density at radius 2 is 2.11 bits per heavy atom. The van der Waals surface area contributed by atoms with Crippen LogP contribution in [0.2, 0.25) is 0 Å².